The summed E-state index contributed by atoms with van der Waals surface area (Å²) in [7, 11) is 0. The van der Waals surface area contributed by atoms with Crippen LogP contribution < -0.4 is 0 Å². The highest BCUT2D eigenvalue weighted by molar-refractivity contribution is 6.30. The maximum Gasteiger partial charge on any atom is 0.401 e. The molecule has 21 heavy (non-hydrogen) atoms. The first-order valence-corrected chi connectivity index (χ1v) is 6.99. The number of alkyl halides is 3. The number of nitrogens with zero attached hydrogens (tertiary/aromatic N) is 2. The lowest BCUT2D eigenvalue weighted by Crippen LogP contribution is -2.38. The maximum absolute atomic E-state index is 12.6. The smallest absolute Gasteiger partial charge is 0.288 e. The van der Waals surface area contributed by atoms with Gasteiger partial charge in [0.1, 0.15) is 5.15 Å². The molecular weight excluding hydrogens is 301 g/mol. The third kappa shape index (κ3) is 4.32. The van der Waals surface area contributed by atoms with Gasteiger partial charge in [-0.15, -0.1) is 0 Å². The van der Waals surface area contributed by atoms with Crippen molar-refractivity contribution in [2.24, 2.45) is 0 Å². The number of benzene rings is 1. The van der Waals surface area contributed by atoms with E-state index in [0.29, 0.717) is 5.56 Å². The highest BCUT2D eigenvalue weighted by Crippen LogP contribution is 2.25. The fourth-order valence-corrected chi connectivity index (χ4v) is 2.32. The molecule has 2 aromatic rings. The average molecular weight is 317 g/mol. The third-order valence-electron chi connectivity index (χ3n) is 3.24. The Morgan fingerprint density at radius 1 is 1.24 bits per heavy atom. The Hall–Kier alpha value is -1.33. The molecule has 2 rings (SSSR count). The van der Waals surface area contributed by atoms with Crippen molar-refractivity contribution in [2.45, 2.75) is 32.6 Å². The normalized spacial score (nSPS) is 12.6. The van der Waals surface area contributed by atoms with Crippen LogP contribution in [0.25, 0.3) is 10.9 Å². The fraction of sp³-hybridized carbons (Fsp3) is 0.400. The number of para-hydroxylation sites is 1. The number of aromatic nitrogens is 1. The summed E-state index contributed by atoms with van der Waals surface area (Å²) in [4.78, 5) is 5.57. The van der Waals surface area contributed by atoms with Crippen LogP contribution in [-0.4, -0.2) is 28.6 Å². The van der Waals surface area contributed by atoms with E-state index in [2.05, 4.69) is 4.98 Å². The van der Waals surface area contributed by atoms with E-state index in [-0.39, 0.29) is 17.7 Å². The van der Waals surface area contributed by atoms with Crippen LogP contribution in [0.2, 0.25) is 5.15 Å². The molecule has 0 spiro atoms. The summed E-state index contributed by atoms with van der Waals surface area (Å²) >= 11 is 6.10. The van der Waals surface area contributed by atoms with E-state index in [0.717, 1.165) is 10.9 Å². The van der Waals surface area contributed by atoms with Gasteiger partial charge in [0.25, 0.3) is 0 Å². The number of pyridine rings is 1. The number of rotatable bonds is 4. The van der Waals surface area contributed by atoms with E-state index in [9.17, 15) is 13.2 Å². The van der Waals surface area contributed by atoms with Crippen LogP contribution in [0, 0.1) is 0 Å². The van der Waals surface area contributed by atoms with Crippen molar-refractivity contribution >= 4 is 22.5 Å². The Bertz CT molecular complexity index is 626. The molecule has 0 fully saturated rings. The molecule has 0 bridgehead atoms. The summed E-state index contributed by atoms with van der Waals surface area (Å²) in [6.07, 6.45) is -4.24. The minimum atomic E-state index is -4.24. The summed E-state index contributed by atoms with van der Waals surface area (Å²) in [5.74, 6) is 0. The molecule has 0 aliphatic carbocycles. The highest BCUT2D eigenvalue weighted by Gasteiger charge is 2.32. The molecule has 0 saturated heterocycles. The number of halogens is 4. The van der Waals surface area contributed by atoms with Crippen molar-refractivity contribution < 1.29 is 13.2 Å². The Kier molecular flexibility index (Phi) is 4.74. The molecule has 1 aromatic heterocycles. The first-order valence-electron chi connectivity index (χ1n) is 6.61. The number of fused-ring (bicyclic) bond motifs is 1. The van der Waals surface area contributed by atoms with E-state index in [1.165, 1.54) is 4.90 Å². The molecule has 0 amide bonds. The zero-order chi connectivity index (χ0) is 15.6. The molecule has 0 aliphatic heterocycles. The molecule has 0 unspecified atom stereocenters. The van der Waals surface area contributed by atoms with Gasteiger partial charge in [-0.3, -0.25) is 4.90 Å². The van der Waals surface area contributed by atoms with Gasteiger partial charge in [-0.2, -0.15) is 13.2 Å². The number of hydrogen-bond acceptors (Lipinski definition) is 2. The van der Waals surface area contributed by atoms with Crippen molar-refractivity contribution in [1.82, 2.24) is 9.88 Å². The summed E-state index contributed by atoms with van der Waals surface area (Å²) in [5.41, 5.74) is 1.34. The molecular formula is C15H16ClF3N2. The average Bonchev–Trinajstić information content (AvgIpc) is 2.37. The van der Waals surface area contributed by atoms with Gasteiger partial charge >= 0.3 is 6.18 Å². The second-order valence-electron chi connectivity index (χ2n) is 5.24. The van der Waals surface area contributed by atoms with Crippen LogP contribution in [0.5, 0.6) is 0 Å². The zero-order valence-electron chi connectivity index (χ0n) is 11.8. The third-order valence-corrected chi connectivity index (χ3v) is 3.56. The summed E-state index contributed by atoms with van der Waals surface area (Å²) in [6, 6.07) is 8.95. The lowest BCUT2D eigenvalue weighted by Gasteiger charge is -2.27. The molecule has 1 heterocycles. The van der Waals surface area contributed by atoms with Gasteiger partial charge in [0, 0.05) is 23.5 Å². The topological polar surface area (TPSA) is 16.1 Å². The van der Waals surface area contributed by atoms with Crippen LogP contribution in [0.4, 0.5) is 13.2 Å². The van der Waals surface area contributed by atoms with Gasteiger partial charge in [0.15, 0.2) is 0 Å². The first-order chi connectivity index (χ1) is 9.76. The Labute approximate surface area is 126 Å². The largest absolute Gasteiger partial charge is 0.401 e. The monoisotopic (exact) mass is 316 g/mol. The first kappa shape index (κ1) is 16.0. The SMILES string of the molecule is CC(C)N(Cc1cc2ccccc2nc1Cl)CC(F)(F)F. The van der Waals surface area contributed by atoms with E-state index < -0.39 is 12.7 Å². The Morgan fingerprint density at radius 2 is 1.90 bits per heavy atom. The Morgan fingerprint density at radius 3 is 2.52 bits per heavy atom. The van der Waals surface area contributed by atoms with E-state index >= 15 is 0 Å². The summed E-state index contributed by atoms with van der Waals surface area (Å²) < 4.78 is 37.9. The van der Waals surface area contributed by atoms with Gasteiger partial charge in [-0.1, -0.05) is 29.8 Å². The predicted octanol–water partition coefficient (Wildman–Crippen LogP) is 4.66. The summed E-state index contributed by atoms with van der Waals surface area (Å²) in [5, 5.41) is 1.12. The lowest BCUT2D eigenvalue weighted by atomic mass is 10.1. The quantitative estimate of drug-likeness (QED) is 0.763. The predicted molar refractivity (Wildman–Crippen MR) is 78.4 cm³/mol. The molecule has 6 heteroatoms. The minimum Gasteiger partial charge on any atom is -0.288 e. The molecule has 0 aliphatic rings. The van der Waals surface area contributed by atoms with Gasteiger partial charge < -0.3 is 0 Å². The van der Waals surface area contributed by atoms with Crippen molar-refractivity contribution in [3.05, 3.63) is 41.0 Å². The minimum absolute atomic E-state index is 0.119. The summed E-state index contributed by atoms with van der Waals surface area (Å²) in [6.45, 7) is 2.61. The van der Waals surface area contributed by atoms with Gasteiger partial charge in [0.2, 0.25) is 0 Å². The van der Waals surface area contributed by atoms with Crippen LogP contribution in [-0.2, 0) is 6.54 Å². The van der Waals surface area contributed by atoms with Crippen LogP contribution in [0.3, 0.4) is 0 Å². The second-order valence-corrected chi connectivity index (χ2v) is 5.60. The molecule has 0 N–H and O–H groups in total. The molecule has 0 radical (unpaired) electrons. The molecule has 0 atom stereocenters. The van der Waals surface area contributed by atoms with Crippen molar-refractivity contribution in [3.8, 4) is 0 Å². The van der Waals surface area contributed by atoms with E-state index in [1.54, 1.807) is 19.9 Å². The van der Waals surface area contributed by atoms with Crippen molar-refractivity contribution in [3.63, 3.8) is 0 Å². The standard InChI is InChI=1S/C15H16ClF3N2/c1-10(2)21(9-15(17,18)19)8-12-7-11-5-3-4-6-13(11)20-14(12)16/h3-7,10H,8-9H2,1-2H3. The zero-order valence-corrected chi connectivity index (χ0v) is 12.5. The van der Waals surface area contributed by atoms with Gasteiger partial charge in [-0.25, -0.2) is 4.98 Å². The second kappa shape index (κ2) is 6.20. The maximum atomic E-state index is 12.6. The van der Waals surface area contributed by atoms with Crippen LogP contribution in [0.15, 0.2) is 30.3 Å². The number of hydrogen-bond donors (Lipinski definition) is 0. The van der Waals surface area contributed by atoms with E-state index in [1.807, 2.05) is 24.3 Å². The van der Waals surface area contributed by atoms with Crippen molar-refractivity contribution in [2.75, 3.05) is 6.54 Å². The molecule has 2 nitrogen and oxygen atoms in total. The van der Waals surface area contributed by atoms with E-state index in [4.69, 9.17) is 11.6 Å². The molecule has 0 saturated carbocycles. The fourth-order valence-electron chi connectivity index (χ4n) is 2.12. The molecule has 1 aromatic carbocycles. The van der Waals surface area contributed by atoms with Crippen molar-refractivity contribution in [1.29, 1.82) is 0 Å². The Balaban J connectivity index is 2.30. The van der Waals surface area contributed by atoms with Gasteiger partial charge in [0.05, 0.1) is 12.1 Å². The van der Waals surface area contributed by atoms with Crippen LogP contribution in [0.1, 0.15) is 19.4 Å². The lowest BCUT2D eigenvalue weighted by molar-refractivity contribution is -0.150. The van der Waals surface area contributed by atoms with Gasteiger partial charge in [-0.05, 0) is 26.0 Å². The van der Waals surface area contributed by atoms with Crippen LogP contribution >= 0.6 is 11.6 Å². The highest BCUT2D eigenvalue weighted by atomic mass is 35.5. The molecule has 114 valence electrons.